The van der Waals surface area contributed by atoms with E-state index in [9.17, 15) is 9.18 Å². The van der Waals surface area contributed by atoms with Crippen molar-refractivity contribution >= 4 is 11.7 Å². The number of benzene rings is 1. The lowest BCUT2D eigenvalue weighted by atomic mass is 10.1. The van der Waals surface area contributed by atoms with Crippen molar-refractivity contribution in [3.05, 3.63) is 59.0 Å². The number of pyridine rings is 1. The van der Waals surface area contributed by atoms with Gasteiger partial charge in [-0.05, 0) is 43.7 Å². The van der Waals surface area contributed by atoms with E-state index in [1.54, 1.807) is 19.1 Å². The lowest BCUT2D eigenvalue weighted by Gasteiger charge is -2.08. The molecule has 0 saturated carbocycles. The summed E-state index contributed by atoms with van der Waals surface area (Å²) in [6.07, 6.45) is 0. The molecule has 2 rings (SSSR count). The van der Waals surface area contributed by atoms with Crippen molar-refractivity contribution in [1.29, 1.82) is 0 Å². The summed E-state index contributed by atoms with van der Waals surface area (Å²) < 4.78 is 13.4. The van der Waals surface area contributed by atoms with Crippen molar-refractivity contribution in [2.24, 2.45) is 0 Å². The zero-order chi connectivity index (χ0) is 15.2. The van der Waals surface area contributed by atoms with Gasteiger partial charge in [0, 0.05) is 24.3 Å². The molecule has 0 saturated heterocycles. The summed E-state index contributed by atoms with van der Waals surface area (Å²) in [5.41, 5.74) is 1.78. The standard InChI is InChI=1S/C16H18FN3O/c1-11-6-7-13(10-14(11)17)16(21)19-9-8-18-15-5-3-4-12(2)20-15/h3-7,10H,8-9H2,1-2H3,(H,18,20)(H,19,21). The number of aryl methyl sites for hydroxylation is 2. The number of carbonyl (C=O) groups is 1. The van der Waals surface area contributed by atoms with Gasteiger partial charge in [-0.15, -0.1) is 0 Å². The van der Waals surface area contributed by atoms with Gasteiger partial charge < -0.3 is 10.6 Å². The molecule has 0 aliphatic heterocycles. The Morgan fingerprint density at radius 2 is 2.00 bits per heavy atom. The third kappa shape index (κ3) is 4.27. The smallest absolute Gasteiger partial charge is 0.251 e. The van der Waals surface area contributed by atoms with E-state index in [-0.39, 0.29) is 11.7 Å². The largest absolute Gasteiger partial charge is 0.368 e. The van der Waals surface area contributed by atoms with Gasteiger partial charge in [0.2, 0.25) is 0 Å². The highest BCUT2D eigenvalue weighted by molar-refractivity contribution is 5.94. The molecule has 5 heteroatoms. The van der Waals surface area contributed by atoms with Crippen molar-refractivity contribution in [3.63, 3.8) is 0 Å². The van der Waals surface area contributed by atoms with Crippen LogP contribution in [0.1, 0.15) is 21.6 Å². The molecule has 0 unspecified atom stereocenters. The molecule has 2 aromatic rings. The van der Waals surface area contributed by atoms with Crippen LogP contribution >= 0.6 is 0 Å². The lowest BCUT2D eigenvalue weighted by Crippen LogP contribution is -2.29. The Bertz CT molecular complexity index is 643. The zero-order valence-corrected chi connectivity index (χ0v) is 12.1. The zero-order valence-electron chi connectivity index (χ0n) is 12.1. The second kappa shape index (κ2) is 6.83. The molecule has 1 heterocycles. The first-order valence-electron chi connectivity index (χ1n) is 6.78. The summed E-state index contributed by atoms with van der Waals surface area (Å²) in [5, 5.41) is 5.85. The predicted octanol–water partition coefficient (Wildman–Crippen LogP) is 2.68. The van der Waals surface area contributed by atoms with Crippen LogP contribution in [-0.4, -0.2) is 24.0 Å². The van der Waals surface area contributed by atoms with Crippen molar-refractivity contribution in [1.82, 2.24) is 10.3 Å². The molecule has 4 nitrogen and oxygen atoms in total. The van der Waals surface area contributed by atoms with Crippen LogP contribution in [0.5, 0.6) is 0 Å². The number of carbonyl (C=O) groups excluding carboxylic acids is 1. The van der Waals surface area contributed by atoms with E-state index >= 15 is 0 Å². The number of amides is 1. The Balaban J connectivity index is 1.80. The number of hydrogen-bond acceptors (Lipinski definition) is 3. The maximum atomic E-state index is 13.4. The van der Waals surface area contributed by atoms with Crippen LogP contribution in [-0.2, 0) is 0 Å². The van der Waals surface area contributed by atoms with E-state index in [0.717, 1.165) is 11.5 Å². The monoisotopic (exact) mass is 287 g/mol. The van der Waals surface area contributed by atoms with Gasteiger partial charge in [-0.25, -0.2) is 9.37 Å². The summed E-state index contributed by atoms with van der Waals surface area (Å²) >= 11 is 0. The van der Waals surface area contributed by atoms with Crippen LogP contribution < -0.4 is 10.6 Å². The molecule has 0 spiro atoms. The van der Waals surface area contributed by atoms with Gasteiger partial charge in [-0.2, -0.15) is 0 Å². The average molecular weight is 287 g/mol. The van der Waals surface area contributed by atoms with Crippen LogP contribution in [0.25, 0.3) is 0 Å². The fourth-order valence-corrected chi connectivity index (χ4v) is 1.84. The molecule has 0 aliphatic rings. The minimum absolute atomic E-state index is 0.284. The van der Waals surface area contributed by atoms with E-state index in [0.29, 0.717) is 24.2 Å². The number of rotatable bonds is 5. The first kappa shape index (κ1) is 15.0. The third-order valence-corrected chi connectivity index (χ3v) is 3.04. The fraction of sp³-hybridized carbons (Fsp3) is 0.250. The Morgan fingerprint density at radius 3 is 2.71 bits per heavy atom. The number of hydrogen-bond donors (Lipinski definition) is 2. The molecule has 1 aromatic carbocycles. The summed E-state index contributed by atoms with van der Waals surface area (Å²) in [6, 6.07) is 10.2. The number of aromatic nitrogens is 1. The molecule has 2 N–H and O–H groups in total. The van der Waals surface area contributed by atoms with Crippen LogP contribution in [0.4, 0.5) is 10.2 Å². The molecule has 0 atom stereocenters. The lowest BCUT2D eigenvalue weighted by molar-refractivity contribution is 0.0954. The highest BCUT2D eigenvalue weighted by Crippen LogP contribution is 2.09. The second-order valence-electron chi connectivity index (χ2n) is 4.81. The molecule has 0 bridgehead atoms. The average Bonchev–Trinajstić information content (AvgIpc) is 2.46. The molecular weight excluding hydrogens is 269 g/mol. The van der Waals surface area contributed by atoms with Gasteiger partial charge in [-0.1, -0.05) is 12.1 Å². The second-order valence-corrected chi connectivity index (χ2v) is 4.81. The van der Waals surface area contributed by atoms with Gasteiger partial charge in [0.05, 0.1) is 0 Å². The quantitative estimate of drug-likeness (QED) is 0.831. The highest BCUT2D eigenvalue weighted by Gasteiger charge is 2.07. The summed E-state index contributed by atoms with van der Waals surface area (Å²) in [4.78, 5) is 16.1. The molecule has 1 amide bonds. The molecular formula is C16H18FN3O. The van der Waals surface area contributed by atoms with Gasteiger partial charge in [0.1, 0.15) is 11.6 Å². The fourth-order valence-electron chi connectivity index (χ4n) is 1.84. The molecule has 1 aromatic heterocycles. The number of halogens is 1. The number of anilines is 1. The molecule has 110 valence electrons. The van der Waals surface area contributed by atoms with Crippen LogP contribution in [0.15, 0.2) is 36.4 Å². The van der Waals surface area contributed by atoms with Crippen molar-refractivity contribution in [2.75, 3.05) is 18.4 Å². The minimum atomic E-state index is -0.371. The Hall–Kier alpha value is -2.43. The first-order chi connectivity index (χ1) is 10.1. The SMILES string of the molecule is Cc1cccc(NCCNC(=O)c2ccc(C)c(F)c2)n1. The third-order valence-electron chi connectivity index (χ3n) is 3.04. The minimum Gasteiger partial charge on any atom is -0.368 e. The number of nitrogens with zero attached hydrogens (tertiary/aromatic N) is 1. The van der Waals surface area contributed by atoms with Gasteiger partial charge in [-0.3, -0.25) is 4.79 Å². The number of nitrogens with one attached hydrogen (secondary N) is 2. The van der Waals surface area contributed by atoms with Crippen LogP contribution in [0, 0.1) is 19.7 Å². The molecule has 0 radical (unpaired) electrons. The first-order valence-corrected chi connectivity index (χ1v) is 6.78. The Morgan fingerprint density at radius 1 is 1.19 bits per heavy atom. The molecule has 0 fully saturated rings. The van der Waals surface area contributed by atoms with Crippen molar-refractivity contribution in [2.45, 2.75) is 13.8 Å². The molecule has 0 aliphatic carbocycles. The van der Waals surface area contributed by atoms with Crippen molar-refractivity contribution in [3.8, 4) is 0 Å². The topological polar surface area (TPSA) is 54.0 Å². The molecule has 21 heavy (non-hydrogen) atoms. The summed E-state index contributed by atoms with van der Waals surface area (Å²) in [5.74, 6) is 0.114. The van der Waals surface area contributed by atoms with E-state index in [4.69, 9.17) is 0 Å². The Kier molecular flexibility index (Phi) is 4.87. The van der Waals surface area contributed by atoms with Crippen LogP contribution in [0.3, 0.4) is 0 Å². The Labute approximate surface area is 123 Å². The van der Waals surface area contributed by atoms with Crippen molar-refractivity contribution < 1.29 is 9.18 Å². The van der Waals surface area contributed by atoms with E-state index in [1.165, 1.54) is 6.07 Å². The van der Waals surface area contributed by atoms with E-state index < -0.39 is 0 Å². The van der Waals surface area contributed by atoms with E-state index in [1.807, 2.05) is 25.1 Å². The summed E-state index contributed by atoms with van der Waals surface area (Å²) in [6.45, 7) is 4.56. The normalized spacial score (nSPS) is 10.2. The van der Waals surface area contributed by atoms with Crippen LogP contribution in [0.2, 0.25) is 0 Å². The van der Waals surface area contributed by atoms with Gasteiger partial charge in [0.15, 0.2) is 0 Å². The maximum absolute atomic E-state index is 13.4. The predicted molar refractivity (Wildman–Crippen MR) is 80.9 cm³/mol. The van der Waals surface area contributed by atoms with Gasteiger partial charge >= 0.3 is 0 Å². The van der Waals surface area contributed by atoms with E-state index in [2.05, 4.69) is 15.6 Å². The summed E-state index contributed by atoms with van der Waals surface area (Å²) in [7, 11) is 0. The highest BCUT2D eigenvalue weighted by atomic mass is 19.1. The maximum Gasteiger partial charge on any atom is 0.251 e. The van der Waals surface area contributed by atoms with Gasteiger partial charge in [0.25, 0.3) is 5.91 Å².